The highest BCUT2D eigenvalue weighted by molar-refractivity contribution is 7.99. The number of aryl methyl sites for hydroxylation is 1. The Morgan fingerprint density at radius 2 is 1.84 bits per heavy atom. The SMILES string of the molecule is CCCCCC/C=C\C1CC1C(=O)NSC1(C)CC1.COc1ccc2c(O[C@@H]3CC(C(N)=O)N(C(=O)CNC(=O)OC(C)(C)C)C3)cc(OC(C)C)nc2c1C. The van der Waals surface area contributed by atoms with Crippen LogP contribution >= 0.6 is 11.9 Å². The molecule has 3 aliphatic rings. The number of allylic oxidation sites excluding steroid dienone is 2. The number of aromatic nitrogens is 1. The number of hydrogen-bond donors (Lipinski definition) is 3. The highest BCUT2D eigenvalue weighted by Gasteiger charge is 2.44. The number of carbonyl (C=O) groups excluding carboxylic acids is 4. The normalized spacial score (nSPS) is 20.9. The zero-order chi connectivity index (χ0) is 41.2. The first kappa shape index (κ1) is 44.5. The number of nitrogens with one attached hydrogen (secondary N) is 2. The summed E-state index contributed by atoms with van der Waals surface area (Å²) in [5.74, 6) is 1.45. The van der Waals surface area contributed by atoms with Crippen LogP contribution in [0.5, 0.6) is 17.4 Å². The van der Waals surface area contributed by atoms with Crippen LogP contribution in [0.25, 0.3) is 10.9 Å². The molecule has 2 aliphatic carbocycles. The smallest absolute Gasteiger partial charge is 0.408 e. The number of ether oxygens (including phenoxy) is 4. The number of primary amides is 1. The molecular formula is C42H63N5O8S. The molecule has 3 unspecified atom stereocenters. The summed E-state index contributed by atoms with van der Waals surface area (Å²) in [5.41, 5.74) is 6.38. The van der Waals surface area contributed by atoms with Crippen molar-refractivity contribution in [2.75, 3.05) is 20.2 Å². The van der Waals surface area contributed by atoms with E-state index in [1.54, 1.807) is 45.9 Å². The molecule has 1 aromatic carbocycles. The van der Waals surface area contributed by atoms with Gasteiger partial charge in [-0.05, 0) is 111 Å². The van der Waals surface area contributed by atoms with Crippen LogP contribution in [0.4, 0.5) is 4.79 Å². The summed E-state index contributed by atoms with van der Waals surface area (Å²) >= 11 is 1.64. The number of carbonyl (C=O) groups is 4. The van der Waals surface area contributed by atoms with Gasteiger partial charge in [0.2, 0.25) is 23.6 Å². The molecule has 2 heterocycles. The minimum absolute atomic E-state index is 0.111. The molecule has 13 nitrogen and oxygen atoms in total. The van der Waals surface area contributed by atoms with Gasteiger partial charge in [0.15, 0.2) is 0 Å². The number of likely N-dealkylation sites (tertiary alicyclic amines) is 1. The Morgan fingerprint density at radius 1 is 1.11 bits per heavy atom. The molecule has 1 aromatic heterocycles. The molecule has 0 radical (unpaired) electrons. The average molecular weight is 798 g/mol. The summed E-state index contributed by atoms with van der Waals surface area (Å²) in [5, 5.41) is 3.16. The van der Waals surface area contributed by atoms with Crippen molar-refractivity contribution in [3.05, 3.63) is 35.9 Å². The summed E-state index contributed by atoms with van der Waals surface area (Å²) in [6.07, 6.45) is 13.4. The number of unbranched alkanes of at least 4 members (excludes halogenated alkanes) is 4. The Bertz CT molecular complexity index is 1720. The molecule has 3 fully saturated rings. The lowest BCUT2D eigenvalue weighted by molar-refractivity contribution is -0.136. The van der Waals surface area contributed by atoms with E-state index in [0.717, 1.165) is 17.4 Å². The predicted octanol–water partition coefficient (Wildman–Crippen LogP) is 7.16. The van der Waals surface area contributed by atoms with Gasteiger partial charge in [0.05, 0.1) is 25.3 Å². The van der Waals surface area contributed by atoms with Crippen LogP contribution in [0.2, 0.25) is 0 Å². The molecule has 1 aliphatic heterocycles. The van der Waals surface area contributed by atoms with Gasteiger partial charge in [-0.3, -0.25) is 19.1 Å². The maximum absolute atomic E-state index is 12.9. The van der Waals surface area contributed by atoms with Gasteiger partial charge >= 0.3 is 6.09 Å². The first-order chi connectivity index (χ1) is 26.4. The van der Waals surface area contributed by atoms with Crippen molar-refractivity contribution in [2.24, 2.45) is 17.6 Å². The molecule has 0 bridgehead atoms. The zero-order valence-electron chi connectivity index (χ0n) is 34.7. The van der Waals surface area contributed by atoms with Gasteiger partial charge in [-0.15, -0.1) is 0 Å². The van der Waals surface area contributed by atoms with Crippen molar-refractivity contribution in [3.8, 4) is 17.4 Å². The molecule has 2 saturated carbocycles. The Labute approximate surface area is 336 Å². The third-order valence-electron chi connectivity index (χ3n) is 9.82. The van der Waals surface area contributed by atoms with E-state index in [4.69, 9.17) is 24.7 Å². The molecule has 4 N–H and O–H groups in total. The van der Waals surface area contributed by atoms with Crippen molar-refractivity contribution >= 4 is 46.7 Å². The fourth-order valence-corrected chi connectivity index (χ4v) is 7.17. The largest absolute Gasteiger partial charge is 0.496 e. The van der Waals surface area contributed by atoms with Crippen LogP contribution in [0.3, 0.4) is 0 Å². The predicted molar refractivity (Wildman–Crippen MR) is 220 cm³/mol. The topological polar surface area (TPSA) is 171 Å². The third-order valence-corrected chi connectivity index (χ3v) is 11.0. The first-order valence-corrected chi connectivity index (χ1v) is 20.8. The van der Waals surface area contributed by atoms with E-state index < -0.39 is 35.7 Å². The van der Waals surface area contributed by atoms with Crippen LogP contribution in [0.15, 0.2) is 30.4 Å². The maximum atomic E-state index is 12.9. The van der Waals surface area contributed by atoms with Gasteiger partial charge < -0.3 is 34.9 Å². The van der Waals surface area contributed by atoms with Crippen molar-refractivity contribution in [3.63, 3.8) is 0 Å². The fourth-order valence-electron chi connectivity index (χ4n) is 6.36. The molecular weight excluding hydrogens is 735 g/mol. The lowest BCUT2D eigenvalue weighted by Gasteiger charge is -2.23. The second-order valence-corrected chi connectivity index (χ2v) is 17.9. The van der Waals surface area contributed by atoms with Crippen molar-refractivity contribution < 1.29 is 38.1 Å². The lowest BCUT2D eigenvalue weighted by atomic mass is 10.1. The van der Waals surface area contributed by atoms with E-state index in [-0.39, 0.29) is 37.4 Å². The van der Waals surface area contributed by atoms with E-state index in [1.807, 2.05) is 32.9 Å². The van der Waals surface area contributed by atoms with Crippen LogP contribution < -0.4 is 30.0 Å². The summed E-state index contributed by atoms with van der Waals surface area (Å²) in [6.45, 7) is 15.1. The summed E-state index contributed by atoms with van der Waals surface area (Å²) in [7, 11) is 1.59. The minimum atomic E-state index is -0.876. The Kier molecular flexibility index (Phi) is 15.7. The molecule has 4 atom stereocenters. The molecule has 1 saturated heterocycles. The standard InChI is InChI=1S/C26H36N4O7.C16H27NOS/c1-14(2)35-21-11-20(17-8-9-19(34-7)15(3)23(17)29-21)36-16-10-18(24(27)32)30(13-16)22(31)12-28-25(33)37-26(4,5)6;1-3-4-5-6-7-8-9-13-12-14(13)15(18)17-19-16(2)10-11-16/h8-9,11,14,16,18H,10,12-13H2,1-7H3,(H2,27,32)(H,28,33);8-9,13-14H,3-7,10-12H2,1-2H3,(H,17,18)/b;9-8-/t16-,18?;/m1./s1. The number of benzene rings is 1. The number of methoxy groups -OCH3 is 1. The second-order valence-electron chi connectivity index (χ2n) is 16.5. The Balaban J connectivity index is 0.000000306. The fraction of sp³-hybridized carbons (Fsp3) is 0.643. The van der Waals surface area contributed by atoms with Crippen molar-refractivity contribution in [1.29, 1.82) is 0 Å². The number of rotatable bonds is 17. The maximum Gasteiger partial charge on any atom is 0.408 e. The highest BCUT2D eigenvalue weighted by atomic mass is 32.2. The summed E-state index contributed by atoms with van der Waals surface area (Å²) in [4.78, 5) is 54.9. The number of nitrogens with zero attached hydrogens (tertiary/aromatic N) is 2. The molecule has 310 valence electrons. The van der Waals surface area contributed by atoms with Gasteiger partial charge in [0.1, 0.15) is 35.8 Å². The second kappa shape index (κ2) is 19.8. The Hall–Kier alpha value is -4.20. The minimum Gasteiger partial charge on any atom is -0.496 e. The number of pyridine rings is 1. The summed E-state index contributed by atoms with van der Waals surface area (Å²) < 4.78 is 26.1. The van der Waals surface area contributed by atoms with Gasteiger partial charge in [-0.2, -0.15) is 0 Å². The lowest BCUT2D eigenvalue weighted by Crippen LogP contribution is -2.48. The van der Waals surface area contributed by atoms with Gasteiger partial charge in [-0.1, -0.05) is 38.3 Å². The number of nitrogens with two attached hydrogens (primary N) is 1. The monoisotopic (exact) mass is 797 g/mol. The van der Waals surface area contributed by atoms with Crippen LogP contribution in [0.1, 0.15) is 112 Å². The average Bonchev–Trinajstić information content (AvgIpc) is 4.03. The highest BCUT2D eigenvalue weighted by Crippen LogP contribution is 2.47. The van der Waals surface area contributed by atoms with Crippen molar-refractivity contribution in [2.45, 2.75) is 142 Å². The Morgan fingerprint density at radius 3 is 2.46 bits per heavy atom. The molecule has 4 amide bonds. The van der Waals surface area contributed by atoms with Gasteiger partial charge in [0.25, 0.3) is 0 Å². The summed E-state index contributed by atoms with van der Waals surface area (Å²) in [6, 6.07) is 4.49. The first-order valence-electron chi connectivity index (χ1n) is 19.9. The molecule has 2 aromatic rings. The van der Waals surface area contributed by atoms with Crippen molar-refractivity contribution in [1.82, 2.24) is 19.9 Å². The van der Waals surface area contributed by atoms with Gasteiger partial charge in [-0.25, -0.2) is 9.78 Å². The van der Waals surface area contributed by atoms with E-state index in [0.29, 0.717) is 33.6 Å². The van der Waals surface area contributed by atoms with E-state index in [9.17, 15) is 19.2 Å². The number of alkyl carbamates (subject to hydrolysis) is 1. The van der Waals surface area contributed by atoms with Crippen LogP contribution in [0, 0.1) is 18.8 Å². The van der Waals surface area contributed by atoms with Gasteiger partial charge in [0, 0.05) is 34.1 Å². The zero-order valence-corrected chi connectivity index (χ0v) is 35.5. The third kappa shape index (κ3) is 13.5. The number of fused-ring (bicyclic) bond motifs is 1. The van der Waals surface area contributed by atoms with E-state index in [1.165, 1.54) is 49.8 Å². The quantitative estimate of drug-likeness (QED) is 0.0848. The molecule has 0 spiro atoms. The number of hydrogen-bond acceptors (Lipinski definition) is 10. The molecule has 56 heavy (non-hydrogen) atoms. The van der Waals surface area contributed by atoms with E-state index in [2.05, 4.69) is 41.0 Å². The van der Waals surface area contributed by atoms with E-state index >= 15 is 0 Å². The number of amides is 4. The molecule has 5 rings (SSSR count). The molecule has 14 heteroatoms. The van der Waals surface area contributed by atoms with Crippen LogP contribution in [-0.4, -0.2) is 82.5 Å². The van der Waals surface area contributed by atoms with Crippen LogP contribution in [-0.2, 0) is 19.1 Å².